The van der Waals surface area contributed by atoms with Crippen LogP contribution in [0.25, 0.3) is 0 Å². The van der Waals surface area contributed by atoms with Gasteiger partial charge in [-0.2, -0.15) is 0 Å². The van der Waals surface area contributed by atoms with Crippen molar-refractivity contribution in [2.45, 2.75) is 31.7 Å². The van der Waals surface area contributed by atoms with Crippen molar-refractivity contribution in [2.75, 3.05) is 7.11 Å². The van der Waals surface area contributed by atoms with Gasteiger partial charge in [-0.1, -0.05) is 37.3 Å². The van der Waals surface area contributed by atoms with Crippen LogP contribution in [0, 0.1) is 0 Å². The number of hydrogen-bond acceptors (Lipinski definition) is 2. The molecule has 0 spiro atoms. The monoisotopic (exact) mass is 192 g/mol. The summed E-state index contributed by atoms with van der Waals surface area (Å²) >= 11 is 0. The van der Waals surface area contributed by atoms with E-state index >= 15 is 0 Å². The Morgan fingerprint density at radius 2 is 1.93 bits per heavy atom. The molecule has 2 heteroatoms. The third-order valence-corrected chi connectivity index (χ3v) is 3.14. The fourth-order valence-corrected chi connectivity index (χ4v) is 1.99. The van der Waals surface area contributed by atoms with Gasteiger partial charge < -0.3 is 9.47 Å². The highest BCUT2D eigenvalue weighted by Crippen LogP contribution is 2.57. The summed E-state index contributed by atoms with van der Waals surface area (Å²) in [6.07, 6.45) is 0.954. The summed E-state index contributed by atoms with van der Waals surface area (Å²) in [5.41, 5.74) is 0.940. The van der Waals surface area contributed by atoms with Crippen LogP contribution in [0.1, 0.15) is 25.8 Å². The Labute approximate surface area is 84.8 Å². The summed E-state index contributed by atoms with van der Waals surface area (Å²) < 4.78 is 11.3. The van der Waals surface area contributed by atoms with E-state index in [1.54, 1.807) is 7.11 Å². The smallest absolute Gasteiger partial charge is 0.225 e. The van der Waals surface area contributed by atoms with E-state index in [4.69, 9.17) is 9.47 Å². The number of epoxide rings is 1. The highest BCUT2D eigenvalue weighted by atomic mass is 16.8. The van der Waals surface area contributed by atoms with Crippen molar-refractivity contribution in [3.05, 3.63) is 35.9 Å². The first-order valence-corrected chi connectivity index (χ1v) is 4.99. The highest BCUT2D eigenvalue weighted by molar-refractivity contribution is 5.29. The summed E-state index contributed by atoms with van der Waals surface area (Å²) in [6.45, 7) is 4.20. The zero-order valence-corrected chi connectivity index (χ0v) is 8.91. The van der Waals surface area contributed by atoms with Crippen molar-refractivity contribution in [1.29, 1.82) is 0 Å². The lowest BCUT2D eigenvalue weighted by Gasteiger charge is -2.14. The van der Waals surface area contributed by atoms with Crippen LogP contribution in [0.5, 0.6) is 0 Å². The zero-order chi connectivity index (χ0) is 10.2. The van der Waals surface area contributed by atoms with Crippen molar-refractivity contribution in [3.63, 3.8) is 0 Å². The van der Waals surface area contributed by atoms with Crippen LogP contribution in [-0.4, -0.2) is 12.7 Å². The van der Waals surface area contributed by atoms with Gasteiger partial charge >= 0.3 is 0 Å². The van der Waals surface area contributed by atoms with Gasteiger partial charge in [-0.15, -0.1) is 0 Å². The molecule has 0 aliphatic carbocycles. The van der Waals surface area contributed by atoms with E-state index in [9.17, 15) is 0 Å². The van der Waals surface area contributed by atoms with Crippen LogP contribution < -0.4 is 0 Å². The lowest BCUT2D eigenvalue weighted by atomic mass is 9.95. The van der Waals surface area contributed by atoms with Crippen LogP contribution in [0.15, 0.2) is 30.3 Å². The zero-order valence-electron chi connectivity index (χ0n) is 8.91. The van der Waals surface area contributed by atoms with Crippen molar-refractivity contribution < 1.29 is 9.47 Å². The van der Waals surface area contributed by atoms with Gasteiger partial charge in [-0.05, 0) is 13.3 Å². The third-order valence-electron chi connectivity index (χ3n) is 3.14. The minimum Gasteiger partial charge on any atom is -0.347 e. The molecular formula is C12H16O2. The minimum atomic E-state index is -0.511. The Morgan fingerprint density at radius 1 is 1.29 bits per heavy atom. The van der Waals surface area contributed by atoms with Gasteiger partial charge in [0.2, 0.25) is 5.79 Å². The molecule has 1 aromatic rings. The largest absolute Gasteiger partial charge is 0.347 e. The quantitative estimate of drug-likeness (QED) is 0.687. The molecule has 1 aliphatic rings. The molecule has 0 bridgehead atoms. The summed E-state index contributed by atoms with van der Waals surface area (Å²) in [4.78, 5) is 0. The Kier molecular flexibility index (Phi) is 2.13. The average Bonchev–Trinajstić information content (AvgIpc) is 2.88. The molecule has 1 heterocycles. The van der Waals surface area contributed by atoms with E-state index in [0.717, 1.165) is 12.0 Å². The SMILES string of the molecule is CC[C@]1(C)O[C@@]1(OC)c1ccccc1. The maximum Gasteiger partial charge on any atom is 0.225 e. The van der Waals surface area contributed by atoms with E-state index in [0.29, 0.717) is 0 Å². The topological polar surface area (TPSA) is 21.8 Å². The van der Waals surface area contributed by atoms with Gasteiger partial charge in [-0.3, -0.25) is 0 Å². The van der Waals surface area contributed by atoms with Crippen molar-refractivity contribution in [3.8, 4) is 0 Å². The number of ether oxygens (including phenoxy) is 2. The summed E-state index contributed by atoms with van der Waals surface area (Å²) in [7, 11) is 1.70. The maximum atomic E-state index is 5.75. The fourth-order valence-electron chi connectivity index (χ4n) is 1.99. The first-order chi connectivity index (χ1) is 6.68. The summed E-state index contributed by atoms with van der Waals surface area (Å²) in [5.74, 6) is -0.511. The molecule has 2 nitrogen and oxygen atoms in total. The van der Waals surface area contributed by atoms with Crippen molar-refractivity contribution in [2.24, 2.45) is 0 Å². The normalized spacial score (nSPS) is 35.6. The standard InChI is InChI=1S/C12H16O2/c1-4-11(2)12(13-3,14-11)10-8-6-5-7-9-10/h5-9H,4H2,1-3H3/t11-,12-/m0/s1. The van der Waals surface area contributed by atoms with Gasteiger partial charge in [0.15, 0.2) is 0 Å². The van der Waals surface area contributed by atoms with Crippen LogP contribution >= 0.6 is 0 Å². The predicted molar refractivity (Wildman–Crippen MR) is 54.9 cm³/mol. The molecule has 0 radical (unpaired) electrons. The lowest BCUT2D eigenvalue weighted by molar-refractivity contribution is -0.0149. The van der Waals surface area contributed by atoms with Crippen LogP contribution in [0.2, 0.25) is 0 Å². The lowest BCUT2D eigenvalue weighted by Crippen LogP contribution is -2.22. The van der Waals surface area contributed by atoms with Crippen LogP contribution in [-0.2, 0) is 15.3 Å². The average molecular weight is 192 g/mol. The van der Waals surface area contributed by atoms with Gasteiger partial charge in [-0.25, -0.2) is 0 Å². The second-order valence-corrected chi connectivity index (χ2v) is 3.87. The first-order valence-electron chi connectivity index (χ1n) is 4.99. The Hall–Kier alpha value is -0.860. The highest BCUT2D eigenvalue weighted by Gasteiger charge is 2.68. The molecule has 0 amide bonds. The number of hydrogen-bond donors (Lipinski definition) is 0. The van der Waals surface area contributed by atoms with E-state index in [2.05, 4.69) is 13.8 Å². The van der Waals surface area contributed by atoms with Crippen molar-refractivity contribution in [1.82, 2.24) is 0 Å². The molecule has 0 unspecified atom stereocenters. The van der Waals surface area contributed by atoms with E-state index in [1.807, 2.05) is 30.3 Å². The maximum absolute atomic E-state index is 5.75. The summed E-state index contributed by atoms with van der Waals surface area (Å²) in [5, 5.41) is 0. The van der Waals surface area contributed by atoms with Crippen molar-refractivity contribution >= 4 is 0 Å². The minimum absolute atomic E-state index is 0.164. The predicted octanol–water partition coefficient (Wildman–Crippen LogP) is 2.68. The van der Waals surface area contributed by atoms with Gasteiger partial charge in [0, 0.05) is 12.7 Å². The Balaban J connectivity index is 2.34. The number of methoxy groups -OCH3 is 1. The van der Waals surface area contributed by atoms with Crippen LogP contribution in [0.3, 0.4) is 0 Å². The molecular weight excluding hydrogens is 176 g/mol. The first kappa shape index (κ1) is 9.69. The van der Waals surface area contributed by atoms with Crippen LogP contribution in [0.4, 0.5) is 0 Å². The molecule has 1 fully saturated rings. The molecule has 1 aliphatic heterocycles. The third kappa shape index (κ3) is 1.11. The molecule has 0 saturated carbocycles. The molecule has 14 heavy (non-hydrogen) atoms. The number of benzene rings is 1. The van der Waals surface area contributed by atoms with E-state index < -0.39 is 5.79 Å². The van der Waals surface area contributed by atoms with E-state index in [1.165, 1.54) is 0 Å². The van der Waals surface area contributed by atoms with Gasteiger partial charge in [0.1, 0.15) is 5.60 Å². The Bertz CT molecular complexity index is 322. The molecule has 1 aromatic carbocycles. The summed E-state index contributed by atoms with van der Waals surface area (Å²) in [6, 6.07) is 10.1. The molecule has 0 aromatic heterocycles. The molecule has 2 rings (SSSR count). The second-order valence-electron chi connectivity index (χ2n) is 3.87. The number of rotatable bonds is 3. The van der Waals surface area contributed by atoms with Gasteiger partial charge in [0.25, 0.3) is 0 Å². The molecule has 2 atom stereocenters. The molecule has 76 valence electrons. The second kappa shape index (κ2) is 3.07. The van der Waals surface area contributed by atoms with Gasteiger partial charge in [0.05, 0.1) is 0 Å². The Morgan fingerprint density at radius 3 is 2.36 bits per heavy atom. The molecule has 0 N–H and O–H groups in total. The fraction of sp³-hybridized carbons (Fsp3) is 0.500. The molecule has 1 saturated heterocycles. The van der Waals surface area contributed by atoms with E-state index in [-0.39, 0.29) is 5.60 Å².